The highest BCUT2D eigenvalue weighted by Crippen LogP contribution is 2.30. The minimum absolute atomic E-state index is 0.00167. The second-order valence-electron chi connectivity index (χ2n) is 9.10. The molecule has 1 atom stereocenters. The molecule has 1 fully saturated rings. The highest BCUT2D eigenvalue weighted by Gasteiger charge is 2.30. The second kappa shape index (κ2) is 9.97. The Kier molecular flexibility index (Phi) is 7.07. The first-order valence-electron chi connectivity index (χ1n) is 11.4. The van der Waals surface area contributed by atoms with Crippen molar-refractivity contribution >= 4 is 17.4 Å². The summed E-state index contributed by atoms with van der Waals surface area (Å²) in [5.74, 6) is 2.00. The van der Waals surface area contributed by atoms with Crippen molar-refractivity contribution in [3.8, 4) is 11.5 Å². The van der Waals surface area contributed by atoms with Crippen LogP contribution in [0.3, 0.4) is 0 Å². The van der Waals surface area contributed by atoms with Crippen molar-refractivity contribution in [2.24, 2.45) is 11.8 Å². The number of carbonyl (C=O) groups excluding carboxylic acids is 1. The smallest absolute Gasteiger partial charge is 0.247 e. The molecular weight excluding hydrogens is 422 g/mol. The molecule has 1 aliphatic rings. The lowest BCUT2D eigenvalue weighted by atomic mass is 9.88. The zero-order valence-corrected chi connectivity index (χ0v) is 19.7. The maximum absolute atomic E-state index is 13.0. The Hall–Kier alpha value is -2.50. The van der Waals surface area contributed by atoms with Crippen LogP contribution in [0.1, 0.15) is 61.5 Å². The molecule has 0 N–H and O–H groups in total. The summed E-state index contributed by atoms with van der Waals surface area (Å²) in [5.41, 5.74) is 2.93. The minimum atomic E-state index is 0.00167. The number of halogens is 1. The van der Waals surface area contributed by atoms with Crippen LogP contribution in [0.25, 0.3) is 11.5 Å². The topological polar surface area (TPSA) is 59.2 Å². The van der Waals surface area contributed by atoms with Gasteiger partial charge in [-0.25, -0.2) is 0 Å². The third kappa shape index (κ3) is 5.28. The molecule has 1 saturated heterocycles. The molecule has 6 heteroatoms. The molecule has 0 amide bonds. The van der Waals surface area contributed by atoms with Crippen molar-refractivity contribution < 1.29 is 9.21 Å². The molecule has 1 aliphatic heterocycles. The lowest BCUT2D eigenvalue weighted by Gasteiger charge is -2.34. The van der Waals surface area contributed by atoms with Crippen LogP contribution >= 0.6 is 11.6 Å². The van der Waals surface area contributed by atoms with Gasteiger partial charge < -0.3 is 4.42 Å². The summed E-state index contributed by atoms with van der Waals surface area (Å²) in [4.78, 5) is 15.3. The van der Waals surface area contributed by atoms with Gasteiger partial charge in [-0.1, -0.05) is 55.8 Å². The molecule has 0 aliphatic carbocycles. The number of rotatable bonds is 7. The third-order valence-electron chi connectivity index (χ3n) is 6.20. The van der Waals surface area contributed by atoms with Crippen LogP contribution in [0, 0.1) is 11.8 Å². The number of ketones is 1. The molecule has 0 saturated carbocycles. The van der Waals surface area contributed by atoms with Crippen LogP contribution in [-0.2, 0) is 6.42 Å². The number of piperidine rings is 1. The Morgan fingerprint density at radius 1 is 1.09 bits per heavy atom. The van der Waals surface area contributed by atoms with Gasteiger partial charge in [0.1, 0.15) is 0 Å². The summed E-state index contributed by atoms with van der Waals surface area (Å²) in [5, 5.41) is 9.09. The molecule has 2 heterocycles. The minimum Gasteiger partial charge on any atom is -0.419 e. The van der Waals surface area contributed by atoms with E-state index in [1.807, 2.05) is 36.4 Å². The van der Waals surface area contributed by atoms with Crippen molar-refractivity contribution in [3.05, 3.63) is 70.6 Å². The van der Waals surface area contributed by atoms with Crippen LogP contribution in [-0.4, -0.2) is 34.0 Å². The highest BCUT2D eigenvalue weighted by molar-refractivity contribution is 6.30. The van der Waals surface area contributed by atoms with Crippen molar-refractivity contribution in [2.75, 3.05) is 13.1 Å². The number of nitrogens with zero attached hydrogens (tertiary/aromatic N) is 3. The van der Waals surface area contributed by atoms with Crippen LogP contribution < -0.4 is 0 Å². The van der Waals surface area contributed by atoms with Crippen molar-refractivity contribution in [1.82, 2.24) is 15.1 Å². The lowest BCUT2D eigenvalue weighted by Crippen LogP contribution is -2.38. The van der Waals surface area contributed by atoms with Gasteiger partial charge in [-0.15, -0.1) is 10.2 Å². The zero-order chi connectivity index (χ0) is 22.7. The van der Waals surface area contributed by atoms with E-state index in [9.17, 15) is 4.79 Å². The first-order valence-corrected chi connectivity index (χ1v) is 11.7. The number of carbonyl (C=O) groups is 1. The molecule has 5 nitrogen and oxygen atoms in total. The van der Waals surface area contributed by atoms with Gasteiger partial charge >= 0.3 is 0 Å². The number of hydrogen-bond donors (Lipinski definition) is 0. The van der Waals surface area contributed by atoms with Gasteiger partial charge in [0.25, 0.3) is 0 Å². The number of hydrogen-bond acceptors (Lipinski definition) is 5. The average molecular weight is 452 g/mol. The number of likely N-dealkylation sites (tertiary alicyclic amines) is 1. The van der Waals surface area contributed by atoms with Crippen LogP contribution in [0.5, 0.6) is 0 Å². The van der Waals surface area contributed by atoms with E-state index in [0.717, 1.165) is 43.5 Å². The second-order valence-corrected chi connectivity index (χ2v) is 9.54. The van der Waals surface area contributed by atoms with E-state index < -0.39 is 0 Å². The maximum atomic E-state index is 13.0. The number of aromatic nitrogens is 2. The molecule has 4 rings (SSSR count). The summed E-state index contributed by atoms with van der Waals surface area (Å²) < 4.78 is 5.93. The molecule has 2 aromatic carbocycles. The summed E-state index contributed by atoms with van der Waals surface area (Å²) in [6.45, 7) is 8.15. The summed E-state index contributed by atoms with van der Waals surface area (Å²) in [6, 6.07) is 15.6. The van der Waals surface area contributed by atoms with Gasteiger partial charge in [0, 0.05) is 22.1 Å². The van der Waals surface area contributed by atoms with E-state index in [-0.39, 0.29) is 17.7 Å². The predicted molar refractivity (Wildman–Crippen MR) is 127 cm³/mol. The van der Waals surface area contributed by atoms with E-state index in [0.29, 0.717) is 22.7 Å². The Bertz CT molecular complexity index is 1050. The van der Waals surface area contributed by atoms with Crippen molar-refractivity contribution in [2.45, 2.75) is 46.1 Å². The van der Waals surface area contributed by atoms with Gasteiger partial charge in [0.15, 0.2) is 5.78 Å². The normalized spacial score (nSPS) is 16.4. The van der Waals surface area contributed by atoms with E-state index in [1.165, 1.54) is 5.56 Å². The molecule has 168 valence electrons. The van der Waals surface area contributed by atoms with E-state index >= 15 is 0 Å². The van der Waals surface area contributed by atoms with Crippen LogP contribution in [0.2, 0.25) is 5.02 Å². The van der Waals surface area contributed by atoms with E-state index in [4.69, 9.17) is 16.0 Å². The third-order valence-corrected chi connectivity index (χ3v) is 6.44. The standard InChI is InChI=1S/C26H30ClN3O2/c1-17(2)15-19-7-9-20(10-8-19)24(31)21-11-13-30(14-12-21)18(3)25-28-29-26(32-25)22-5-4-6-23(27)16-22/h4-10,16-18,21H,11-15H2,1-3H3. The quantitative estimate of drug-likeness (QED) is 0.397. The molecule has 1 aromatic heterocycles. The molecular formula is C26H30ClN3O2. The van der Waals surface area contributed by atoms with Gasteiger partial charge in [-0.05, 0) is 69.0 Å². The zero-order valence-electron chi connectivity index (χ0n) is 18.9. The van der Waals surface area contributed by atoms with E-state index in [2.05, 4.69) is 48.0 Å². The van der Waals surface area contributed by atoms with Gasteiger partial charge in [-0.3, -0.25) is 9.69 Å². The summed E-state index contributed by atoms with van der Waals surface area (Å²) in [6.07, 6.45) is 2.72. The van der Waals surface area contributed by atoms with Crippen molar-refractivity contribution in [3.63, 3.8) is 0 Å². The summed E-state index contributed by atoms with van der Waals surface area (Å²) >= 11 is 6.07. The predicted octanol–water partition coefficient (Wildman–Crippen LogP) is 6.24. The van der Waals surface area contributed by atoms with Gasteiger partial charge in [-0.2, -0.15) is 0 Å². The highest BCUT2D eigenvalue weighted by atomic mass is 35.5. The molecule has 3 aromatic rings. The number of benzene rings is 2. The largest absolute Gasteiger partial charge is 0.419 e. The Balaban J connectivity index is 1.35. The Morgan fingerprint density at radius 2 is 1.81 bits per heavy atom. The van der Waals surface area contributed by atoms with Crippen LogP contribution in [0.4, 0.5) is 0 Å². The fraction of sp³-hybridized carbons (Fsp3) is 0.423. The molecule has 0 radical (unpaired) electrons. The molecule has 0 bridgehead atoms. The first kappa shape index (κ1) is 22.7. The SMILES string of the molecule is CC(C)Cc1ccc(C(=O)C2CCN(C(C)c3nnc(-c4cccc(Cl)c4)o3)CC2)cc1. The average Bonchev–Trinajstić information content (AvgIpc) is 3.29. The Labute approximate surface area is 194 Å². The molecule has 0 spiro atoms. The van der Waals surface area contributed by atoms with E-state index in [1.54, 1.807) is 0 Å². The first-order chi connectivity index (χ1) is 15.4. The van der Waals surface area contributed by atoms with Crippen LogP contribution in [0.15, 0.2) is 52.9 Å². The number of Topliss-reactive ketones (excluding diaryl/α,β-unsaturated/α-hetero) is 1. The fourth-order valence-corrected chi connectivity index (χ4v) is 4.55. The lowest BCUT2D eigenvalue weighted by molar-refractivity contribution is 0.0782. The Morgan fingerprint density at radius 3 is 2.47 bits per heavy atom. The fourth-order valence-electron chi connectivity index (χ4n) is 4.36. The van der Waals surface area contributed by atoms with Crippen molar-refractivity contribution in [1.29, 1.82) is 0 Å². The van der Waals surface area contributed by atoms with Gasteiger partial charge in [0.2, 0.25) is 11.8 Å². The molecule has 1 unspecified atom stereocenters. The molecule has 32 heavy (non-hydrogen) atoms. The maximum Gasteiger partial charge on any atom is 0.247 e. The van der Waals surface area contributed by atoms with Gasteiger partial charge in [0.05, 0.1) is 6.04 Å². The summed E-state index contributed by atoms with van der Waals surface area (Å²) in [7, 11) is 0. The monoisotopic (exact) mass is 451 g/mol.